The summed E-state index contributed by atoms with van der Waals surface area (Å²) in [5.41, 5.74) is 1.73. The average molecular weight is 428 g/mol. The molecule has 1 heterocycles. The Bertz CT molecular complexity index is 1100. The number of amides is 1. The number of carbonyl (C=O) groups excluding carboxylic acids is 3. The highest BCUT2D eigenvalue weighted by Gasteiger charge is 2.29. The minimum absolute atomic E-state index is 0.0344. The lowest BCUT2D eigenvalue weighted by Crippen LogP contribution is -2.42. The van der Waals surface area contributed by atoms with Crippen molar-refractivity contribution in [3.63, 3.8) is 0 Å². The highest BCUT2D eigenvalue weighted by molar-refractivity contribution is 6.00. The number of hydrogen-bond acceptors (Lipinski definition) is 4. The molecule has 0 saturated carbocycles. The largest absolute Gasteiger partial charge is 0.457 e. The van der Waals surface area contributed by atoms with Gasteiger partial charge in [-0.15, -0.1) is 0 Å². The molecule has 5 nitrogen and oxygen atoms in total. The Kier molecular flexibility index (Phi) is 6.45. The van der Waals surface area contributed by atoms with E-state index in [0.717, 1.165) is 18.6 Å². The molecule has 162 valence electrons. The van der Waals surface area contributed by atoms with E-state index < -0.39 is 0 Å². The van der Waals surface area contributed by atoms with E-state index >= 15 is 0 Å². The van der Waals surface area contributed by atoms with Gasteiger partial charge in [0.1, 0.15) is 11.5 Å². The molecule has 4 rings (SSSR count). The van der Waals surface area contributed by atoms with E-state index in [1.807, 2.05) is 30.3 Å². The third-order valence-corrected chi connectivity index (χ3v) is 5.74. The molecule has 1 saturated heterocycles. The van der Waals surface area contributed by atoms with Crippen LogP contribution < -0.4 is 4.74 Å². The van der Waals surface area contributed by atoms with Gasteiger partial charge in [0.05, 0.1) is 0 Å². The number of carbonyl (C=O) groups is 3. The lowest BCUT2D eigenvalue weighted by molar-refractivity contribution is 0.0636. The summed E-state index contributed by atoms with van der Waals surface area (Å²) in [5, 5.41) is 0. The van der Waals surface area contributed by atoms with Gasteiger partial charge in [-0.25, -0.2) is 0 Å². The Morgan fingerprint density at radius 1 is 0.781 bits per heavy atom. The third kappa shape index (κ3) is 4.94. The van der Waals surface area contributed by atoms with Gasteiger partial charge in [0.25, 0.3) is 5.91 Å². The molecule has 0 N–H and O–H groups in total. The van der Waals surface area contributed by atoms with Gasteiger partial charge in [-0.1, -0.05) is 30.3 Å². The molecule has 1 aliphatic rings. The summed E-state index contributed by atoms with van der Waals surface area (Å²) in [7, 11) is 0. The van der Waals surface area contributed by atoms with Gasteiger partial charge in [0.15, 0.2) is 11.6 Å². The quantitative estimate of drug-likeness (QED) is 0.493. The molecule has 3 aromatic carbocycles. The summed E-state index contributed by atoms with van der Waals surface area (Å²) < 4.78 is 5.79. The van der Waals surface area contributed by atoms with E-state index in [2.05, 4.69) is 0 Å². The van der Waals surface area contributed by atoms with Crippen molar-refractivity contribution in [2.45, 2.75) is 19.8 Å². The van der Waals surface area contributed by atoms with Crippen LogP contribution in [0.25, 0.3) is 0 Å². The summed E-state index contributed by atoms with van der Waals surface area (Å²) in [6.07, 6.45) is 1.54. The number of benzene rings is 3. The van der Waals surface area contributed by atoms with E-state index in [9.17, 15) is 14.4 Å². The second-order valence-corrected chi connectivity index (χ2v) is 8.03. The molecule has 0 spiro atoms. The first-order chi connectivity index (χ1) is 15.5. The molecule has 1 fully saturated rings. The lowest BCUT2D eigenvalue weighted by Gasteiger charge is -2.32. The summed E-state index contributed by atoms with van der Waals surface area (Å²) in [6, 6.07) is 23.3. The van der Waals surface area contributed by atoms with Crippen LogP contribution in [0.4, 0.5) is 0 Å². The molecule has 0 aliphatic carbocycles. The predicted molar refractivity (Wildman–Crippen MR) is 122 cm³/mol. The van der Waals surface area contributed by atoms with E-state index in [4.69, 9.17) is 4.74 Å². The van der Waals surface area contributed by atoms with Gasteiger partial charge in [-0.05, 0) is 68.3 Å². The van der Waals surface area contributed by atoms with Crippen molar-refractivity contribution in [2.24, 2.45) is 5.92 Å². The minimum Gasteiger partial charge on any atom is -0.457 e. The van der Waals surface area contributed by atoms with Crippen LogP contribution in [-0.2, 0) is 0 Å². The van der Waals surface area contributed by atoms with Crippen LogP contribution >= 0.6 is 0 Å². The maximum atomic E-state index is 13.1. The Morgan fingerprint density at radius 2 is 1.38 bits per heavy atom. The highest BCUT2D eigenvalue weighted by Crippen LogP contribution is 2.25. The number of nitrogens with zero attached hydrogens (tertiary/aromatic N) is 1. The minimum atomic E-state index is -0.231. The van der Waals surface area contributed by atoms with Crippen molar-refractivity contribution >= 4 is 17.5 Å². The fourth-order valence-corrected chi connectivity index (χ4v) is 3.95. The van der Waals surface area contributed by atoms with Crippen molar-refractivity contribution < 1.29 is 19.1 Å². The number of para-hydroxylation sites is 1. The second kappa shape index (κ2) is 9.60. The molecule has 1 atom stereocenters. The van der Waals surface area contributed by atoms with Crippen LogP contribution in [-0.4, -0.2) is 35.5 Å². The Balaban J connectivity index is 1.40. The maximum absolute atomic E-state index is 13.1. The van der Waals surface area contributed by atoms with E-state index in [-0.39, 0.29) is 23.4 Å². The predicted octanol–water partition coefficient (Wildman–Crippen LogP) is 5.42. The fourth-order valence-electron chi connectivity index (χ4n) is 3.95. The Labute approximate surface area is 187 Å². The standard InChI is InChI=1S/C27H25NO4/c1-19(29)20-9-11-22(12-10-20)27(31)28-17-5-6-23(18-28)26(30)21-13-15-25(16-14-21)32-24-7-3-2-4-8-24/h2-4,7-16,23H,5-6,17-18H2,1H3. The molecule has 32 heavy (non-hydrogen) atoms. The highest BCUT2D eigenvalue weighted by atomic mass is 16.5. The van der Waals surface area contributed by atoms with Crippen LogP contribution in [0.5, 0.6) is 11.5 Å². The van der Waals surface area contributed by atoms with Crippen LogP contribution in [0.1, 0.15) is 50.8 Å². The summed E-state index contributed by atoms with van der Waals surface area (Å²) in [5.74, 6) is 1.08. The number of hydrogen-bond donors (Lipinski definition) is 0. The molecule has 0 aromatic heterocycles. The molecule has 1 amide bonds. The average Bonchev–Trinajstić information content (AvgIpc) is 2.84. The maximum Gasteiger partial charge on any atom is 0.253 e. The first kappa shape index (κ1) is 21.5. The molecular weight excluding hydrogens is 402 g/mol. The molecule has 1 unspecified atom stereocenters. The van der Waals surface area contributed by atoms with Gasteiger partial charge in [-0.3, -0.25) is 14.4 Å². The number of piperidine rings is 1. The first-order valence-corrected chi connectivity index (χ1v) is 10.8. The molecule has 1 aliphatic heterocycles. The van der Waals surface area contributed by atoms with Crippen molar-refractivity contribution in [1.82, 2.24) is 4.90 Å². The Morgan fingerprint density at radius 3 is 2.03 bits per heavy atom. The monoisotopic (exact) mass is 427 g/mol. The first-order valence-electron chi connectivity index (χ1n) is 10.8. The van der Waals surface area contributed by atoms with Crippen molar-refractivity contribution in [3.8, 4) is 11.5 Å². The molecule has 0 bridgehead atoms. The van der Waals surface area contributed by atoms with Gasteiger partial charge in [0, 0.05) is 35.7 Å². The molecule has 3 aromatic rings. The van der Waals surface area contributed by atoms with Crippen LogP contribution in [0, 0.1) is 5.92 Å². The van der Waals surface area contributed by atoms with Crippen LogP contribution in [0.15, 0.2) is 78.9 Å². The second-order valence-electron chi connectivity index (χ2n) is 8.03. The number of Topliss-reactive ketones (excluding diaryl/α,β-unsaturated/α-hetero) is 2. The van der Waals surface area contributed by atoms with Crippen LogP contribution in [0.3, 0.4) is 0 Å². The summed E-state index contributed by atoms with van der Waals surface area (Å²) >= 11 is 0. The smallest absolute Gasteiger partial charge is 0.253 e. The van der Waals surface area contributed by atoms with Gasteiger partial charge >= 0.3 is 0 Å². The molecular formula is C27H25NO4. The zero-order valence-electron chi connectivity index (χ0n) is 18.0. The van der Waals surface area contributed by atoms with Crippen molar-refractivity contribution in [3.05, 3.63) is 95.6 Å². The van der Waals surface area contributed by atoms with Gasteiger partial charge in [0.2, 0.25) is 0 Å². The SMILES string of the molecule is CC(=O)c1ccc(C(=O)N2CCCC(C(=O)c3ccc(Oc4ccccc4)cc3)C2)cc1. The van der Waals surface area contributed by atoms with E-state index in [1.54, 1.807) is 53.4 Å². The van der Waals surface area contributed by atoms with E-state index in [0.29, 0.717) is 35.5 Å². The normalized spacial score (nSPS) is 15.8. The lowest BCUT2D eigenvalue weighted by atomic mass is 9.89. The fraction of sp³-hybridized carbons (Fsp3) is 0.222. The summed E-state index contributed by atoms with van der Waals surface area (Å²) in [4.78, 5) is 39.2. The number of ether oxygens (including phenoxy) is 1. The topological polar surface area (TPSA) is 63.7 Å². The Hall–Kier alpha value is -3.73. The number of ketones is 2. The number of likely N-dealkylation sites (tertiary alicyclic amines) is 1. The van der Waals surface area contributed by atoms with Gasteiger partial charge < -0.3 is 9.64 Å². The zero-order valence-corrected chi connectivity index (χ0v) is 18.0. The zero-order chi connectivity index (χ0) is 22.5. The van der Waals surface area contributed by atoms with Gasteiger partial charge in [-0.2, -0.15) is 0 Å². The summed E-state index contributed by atoms with van der Waals surface area (Å²) in [6.45, 7) is 2.52. The number of rotatable bonds is 6. The van der Waals surface area contributed by atoms with Crippen molar-refractivity contribution in [1.29, 1.82) is 0 Å². The van der Waals surface area contributed by atoms with E-state index in [1.165, 1.54) is 6.92 Å². The van der Waals surface area contributed by atoms with Crippen molar-refractivity contribution in [2.75, 3.05) is 13.1 Å². The molecule has 0 radical (unpaired) electrons. The molecule has 5 heteroatoms. The van der Waals surface area contributed by atoms with Crippen LogP contribution in [0.2, 0.25) is 0 Å². The third-order valence-electron chi connectivity index (χ3n) is 5.74.